The number of rotatable bonds is 3. The van der Waals surface area contributed by atoms with Crippen molar-refractivity contribution in [2.24, 2.45) is 0 Å². The van der Waals surface area contributed by atoms with Crippen molar-refractivity contribution in [2.45, 2.75) is 18.9 Å². The van der Waals surface area contributed by atoms with Crippen LogP contribution in [0, 0.1) is 5.82 Å². The van der Waals surface area contributed by atoms with Crippen molar-refractivity contribution in [1.82, 2.24) is 15.2 Å². The highest BCUT2D eigenvalue weighted by Crippen LogP contribution is 2.27. The fraction of sp³-hybridized carbons (Fsp3) is 0.333. The molecule has 2 unspecified atom stereocenters. The average molecular weight is 386 g/mol. The largest absolute Gasteiger partial charge is 0.333 e. The minimum Gasteiger partial charge on any atom is -0.333 e. The molecule has 1 saturated heterocycles. The Bertz CT molecular complexity index is 687. The molecular formula is C18H22Cl2FN3O. The van der Waals surface area contributed by atoms with Crippen molar-refractivity contribution in [1.29, 1.82) is 0 Å². The number of hydrogen-bond donors (Lipinski definition) is 1. The van der Waals surface area contributed by atoms with Crippen molar-refractivity contribution in [3.05, 3.63) is 65.7 Å². The first kappa shape index (κ1) is 21.4. The molecule has 4 nitrogen and oxygen atoms in total. The number of aromatic nitrogens is 1. The van der Waals surface area contributed by atoms with Crippen LogP contribution in [0.1, 0.15) is 30.0 Å². The smallest absolute Gasteiger partial charge is 0.230 e. The summed E-state index contributed by atoms with van der Waals surface area (Å²) in [6.45, 7) is 3.89. The van der Waals surface area contributed by atoms with Crippen LogP contribution < -0.4 is 5.32 Å². The van der Waals surface area contributed by atoms with Gasteiger partial charge in [-0.05, 0) is 36.2 Å². The third-order valence-electron chi connectivity index (χ3n) is 4.31. The van der Waals surface area contributed by atoms with Crippen LogP contribution in [0.25, 0.3) is 0 Å². The molecule has 1 aromatic heterocycles. The predicted octanol–water partition coefficient (Wildman–Crippen LogP) is 3.34. The molecule has 2 aromatic rings. The predicted molar refractivity (Wildman–Crippen MR) is 101 cm³/mol. The molecule has 0 spiro atoms. The van der Waals surface area contributed by atoms with Gasteiger partial charge in [-0.15, -0.1) is 24.8 Å². The van der Waals surface area contributed by atoms with Gasteiger partial charge in [-0.25, -0.2) is 4.39 Å². The molecule has 1 aliphatic heterocycles. The van der Waals surface area contributed by atoms with E-state index in [2.05, 4.69) is 10.3 Å². The second-order valence-corrected chi connectivity index (χ2v) is 5.81. The Balaban J connectivity index is 0.00000156. The minimum absolute atomic E-state index is 0. The number of benzene rings is 1. The van der Waals surface area contributed by atoms with Gasteiger partial charge in [-0.2, -0.15) is 0 Å². The van der Waals surface area contributed by atoms with Gasteiger partial charge in [0.2, 0.25) is 5.91 Å². The first-order valence-corrected chi connectivity index (χ1v) is 7.83. The van der Waals surface area contributed by atoms with E-state index in [1.807, 2.05) is 30.0 Å². The lowest BCUT2D eigenvalue weighted by atomic mass is 9.97. The van der Waals surface area contributed by atoms with Crippen molar-refractivity contribution in [2.75, 3.05) is 19.6 Å². The monoisotopic (exact) mass is 385 g/mol. The van der Waals surface area contributed by atoms with Gasteiger partial charge in [-0.3, -0.25) is 9.78 Å². The molecular weight excluding hydrogens is 364 g/mol. The van der Waals surface area contributed by atoms with E-state index >= 15 is 0 Å². The van der Waals surface area contributed by atoms with E-state index in [0.717, 1.165) is 17.7 Å². The number of amides is 1. The van der Waals surface area contributed by atoms with Gasteiger partial charge in [0.1, 0.15) is 5.82 Å². The number of pyridine rings is 1. The Labute approximate surface area is 159 Å². The van der Waals surface area contributed by atoms with Crippen LogP contribution in [0.3, 0.4) is 0 Å². The van der Waals surface area contributed by atoms with Crippen molar-refractivity contribution >= 4 is 30.7 Å². The summed E-state index contributed by atoms with van der Waals surface area (Å²) in [6, 6.07) is 10.1. The summed E-state index contributed by atoms with van der Waals surface area (Å²) in [6.07, 6.45) is 3.42. The highest BCUT2D eigenvalue weighted by Gasteiger charge is 2.31. The molecule has 2 atom stereocenters. The van der Waals surface area contributed by atoms with E-state index in [1.54, 1.807) is 18.5 Å². The molecule has 0 radical (unpaired) electrons. The molecule has 1 aromatic carbocycles. The second-order valence-electron chi connectivity index (χ2n) is 5.81. The van der Waals surface area contributed by atoms with E-state index in [4.69, 9.17) is 0 Å². The Kier molecular flexibility index (Phi) is 8.29. The molecule has 1 N–H and O–H groups in total. The summed E-state index contributed by atoms with van der Waals surface area (Å²) in [4.78, 5) is 18.9. The molecule has 25 heavy (non-hydrogen) atoms. The molecule has 1 amide bonds. The molecule has 1 fully saturated rings. The fourth-order valence-electron chi connectivity index (χ4n) is 3.00. The van der Waals surface area contributed by atoms with Gasteiger partial charge in [-0.1, -0.05) is 18.2 Å². The second kappa shape index (κ2) is 9.70. The molecule has 7 heteroatoms. The molecule has 0 bridgehead atoms. The molecule has 0 saturated carbocycles. The van der Waals surface area contributed by atoms with Gasteiger partial charge < -0.3 is 10.2 Å². The summed E-state index contributed by atoms with van der Waals surface area (Å²) in [7, 11) is 0. The molecule has 1 aliphatic rings. The number of piperazine rings is 1. The van der Waals surface area contributed by atoms with E-state index in [0.29, 0.717) is 13.1 Å². The number of nitrogens with zero attached hydrogens (tertiary/aromatic N) is 2. The fourth-order valence-corrected chi connectivity index (χ4v) is 3.00. The molecule has 0 aliphatic carbocycles. The van der Waals surface area contributed by atoms with E-state index < -0.39 is 0 Å². The quantitative estimate of drug-likeness (QED) is 0.880. The third-order valence-corrected chi connectivity index (χ3v) is 4.31. The average Bonchev–Trinajstić information content (AvgIpc) is 2.61. The first-order chi connectivity index (χ1) is 11.2. The zero-order valence-corrected chi connectivity index (χ0v) is 15.5. The first-order valence-electron chi connectivity index (χ1n) is 7.83. The van der Waals surface area contributed by atoms with E-state index in [1.165, 1.54) is 12.1 Å². The van der Waals surface area contributed by atoms with Gasteiger partial charge in [0, 0.05) is 32.0 Å². The Morgan fingerprint density at radius 1 is 1.32 bits per heavy atom. The normalized spacial score (nSPS) is 17.8. The van der Waals surface area contributed by atoms with Gasteiger partial charge in [0.25, 0.3) is 0 Å². The summed E-state index contributed by atoms with van der Waals surface area (Å²) >= 11 is 0. The highest BCUT2D eigenvalue weighted by atomic mass is 35.5. The summed E-state index contributed by atoms with van der Waals surface area (Å²) < 4.78 is 13.5. The Morgan fingerprint density at radius 2 is 2.12 bits per heavy atom. The van der Waals surface area contributed by atoms with Gasteiger partial charge >= 0.3 is 0 Å². The topological polar surface area (TPSA) is 45.2 Å². The SMILES string of the molecule is CC(C(=O)N1CCNCC1c1cccc(F)c1)c1cccnc1.Cl.Cl. The van der Waals surface area contributed by atoms with Crippen molar-refractivity contribution in [3.63, 3.8) is 0 Å². The lowest BCUT2D eigenvalue weighted by Crippen LogP contribution is -2.49. The lowest BCUT2D eigenvalue weighted by molar-refractivity contribution is -0.135. The van der Waals surface area contributed by atoms with Crippen LogP contribution in [-0.4, -0.2) is 35.4 Å². The highest BCUT2D eigenvalue weighted by molar-refractivity contribution is 5.85. The Hall–Kier alpha value is -1.69. The van der Waals surface area contributed by atoms with Crippen LogP contribution in [0.15, 0.2) is 48.8 Å². The Morgan fingerprint density at radius 3 is 2.80 bits per heavy atom. The van der Waals surface area contributed by atoms with Crippen LogP contribution in [0.2, 0.25) is 0 Å². The standard InChI is InChI=1S/C18H20FN3O.2ClH/c1-13(15-5-3-7-20-11-15)18(23)22-9-8-21-12-17(22)14-4-2-6-16(19)10-14;;/h2-7,10-11,13,17,21H,8-9,12H2,1H3;2*1H. The van der Waals surface area contributed by atoms with E-state index in [9.17, 15) is 9.18 Å². The number of nitrogens with one attached hydrogen (secondary N) is 1. The summed E-state index contributed by atoms with van der Waals surface area (Å²) in [5.41, 5.74) is 1.72. The third kappa shape index (κ3) is 4.91. The van der Waals surface area contributed by atoms with Gasteiger partial charge in [0.15, 0.2) is 0 Å². The number of carbonyl (C=O) groups excluding carboxylic acids is 1. The molecule has 136 valence electrons. The number of carbonyl (C=O) groups is 1. The van der Waals surface area contributed by atoms with Gasteiger partial charge in [0.05, 0.1) is 12.0 Å². The van der Waals surface area contributed by atoms with Crippen LogP contribution >= 0.6 is 24.8 Å². The zero-order chi connectivity index (χ0) is 16.2. The van der Waals surface area contributed by atoms with Crippen molar-refractivity contribution in [3.8, 4) is 0 Å². The molecule has 3 rings (SSSR count). The van der Waals surface area contributed by atoms with Crippen LogP contribution in [0.4, 0.5) is 4.39 Å². The molecule has 2 heterocycles. The summed E-state index contributed by atoms with van der Waals surface area (Å²) in [5.74, 6) is -0.493. The number of halogens is 3. The van der Waals surface area contributed by atoms with E-state index in [-0.39, 0.29) is 48.5 Å². The summed E-state index contributed by atoms with van der Waals surface area (Å²) in [5, 5.41) is 3.29. The number of hydrogen-bond acceptors (Lipinski definition) is 3. The lowest BCUT2D eigenvalue weighted by Gasteiger charge is -2.38. The zero-order valence-electron chi connectivity index (χ0n) is 13.9. The minimum atomic E-state index is -0.277. The maximum atomic E-state index is 13.5. The maximum Gasteiger partial charge on any atom is 0.230 e. The van der Waals surface area contributed by atoms with Crippen LogP contribution in [0.5, 0.6) is 0 Å². The van der Waals surface area contributed by atoms with Crippen LogP contribution in [-0.2, 0) is 4.79 Å². The maximum absolute atomic E-state index is 13.5. The van der Waals surface area contributed by atoms with Crippen molar-refractivity contribution < 1.29 is 9.18 Å².